The fourth-order valence-corrected chi connectivity index (χ4v) is 2.64. The van der Waals surface area contributed by atoms with E-state index < -0.39 is 0 Å². The molecule has 0 saturated carbocycles. The van der Waals surface area contributed by atoms with Crippen molar-refractivity contribution in [3.63, 3.8) is 0 Å². The van der Waals surface area contributed by atoms with Crippen LogP contribution < -0.4 is 10.6 Å². The third kappa shape index (κ3) is 5.80. The molecule has 1 aromatic carbocycles. The number of halogens is 2. The first-order chi connectivity index (χ1) is 9.69. The summed E-state index contributed by atoms with van der Waals surface area (Å²) in [6, 6.07) is 7.77. The summed E-state index contributed by atoms with van der Waals surface area (Å²) in [6.45, 7) is 3.42. The first-order valence-corrected chi connectivity index (χ1v) is 7.52. The fourth-order valence-electron chi connectivity index (χ4n) is 1.71. The van der Waals surface area contributed by atoms with Crippen molar-refractivity contribution in [2.45, 2.75) is 20.0 Å². The summed E-state index contributed by atoms with van der Waals surface area (Å²) in [5, 5.41) is 7.28. The number of aliphatic imine (C=N–C) groups is 1. The molecule has 2 aromatic rings. The standard InChI is InChI=1S/C14H17ClN4S.HI/c1-10-13(20-9-19-10)8-18-14(16-2)17-7-11-4-3-5-12(15)6-11;/h3-6,9H,7-8H2,1-2H3,(H2,16,17,18);1H. The van der Waals surface area contributed by atoms with Crippen LogP contribution in [0.3, 0.4) is 0 Å². The lowest BCUT2D eigenvalue weighted by Gasteiger charge is -2.11. The lowest BCUT2D eigenvalue weighted by Crippen LogP contribution is -2.36. The molecule has 1 heterocycles. The zero-order chi connectivity index (χ0) is 14.4. The highest BCUT2D eigenvalue weighted by molar-refractivity contribution is 14.0. The molecule has 7 heteroatoms. The van der Waals surface area contributed by atoms with Gasteiger partial charge in [-0.2, -0.15) is 0 Å². The van der Waals surface area contributed by atoms with Crippen LogP contribution in [0.25, 0.3) is 0 Å². The molecule has 0 aliphatic rings. The van der Waals surface area contributed by atoms with Gasteiger partial charge in [-0.3, -0.25) is 4.99 Å². The molecule has 0 radical (unpaired) electrons. The topological polar surface area (TPSA) is 49.3 Å². The van der Waals surface area contributed by atoms with Crippen LogP contribution in [-0.4, -0.2) is 18.0 Å². The Balaban J connectivity index is 0.00000220. The molecule has 114 valence electrons. The Morgan fingerprint density at radius 3 is 2.71 bits per heavy atom. The Morgan fingerprint density at radius 1 is 1.33 bits per heavy atom. The lowest BCUT2D eigenvalue weighted by atomic mass is 10.2. The summed E-state index contributed by atoms with van der Waals surface area (Å²) in [6.07, 6.45) is 0. The number of guanidine groups is 1. The molecule has 2 rings (SSSR count). The van der Waals surface area contributed by atoms with E-state index in [0.29, 0.717) is 6.54 Å². The van der Waals surface area contributed by atoms with Gasteiger partial charge in [0, 0.05) is 23.5 Å². The molecule has 0 aliphatic heterocycles. The molecule has 0 saturated heterocycles. The minimum atomic E-state index is 0. The molecular formula is C14H18ClIN4S. The quantitative estimate of drug-likeness (QED) is 0.437. The first kappa shape index (κ1) is 18.2. The van der Waals surface area contributed by atoms with Crippen LogP contribution in [0.1, 0.15) is 16.1 Å². The number of thiazole rings is 1. The van der Waals surface area contributed by atoms with Crippen LogP contribution in [0.4, 0.5) is 0 Å². The predicted molar refractivity (Wildman–Crippen MR) is 101 cm³/mol. The zero-order valence-electron chi connectivity index (χ0n) is 11.9. The van der Waals surface area contributed by atoms with Crippen molar-refractivity contribution in [1.82, 2.24) is 15.6 Å². The Hall–Kier alpha value is -0.860. The van der Waals surface area contributed by atoms with Crippen molar-refractivity contribution in [2.24, 2.45) is 4.99 Å². The van der Waals surface area contributed by atoms with Gasteiger partial charge in [-0.15, -0.1) is 35.3 Å². The van der Waals surface area contributed by atoms with E-state index in [1.54, 1.807) is 18.4 Å². The van der Waals surface area contributed by atoms with Gasteiger partial charge in [0.25, 0.3) is 0 Å². The molecule has 0 spiro atoms. The highest BCUT2D eigenvalue weighted by Gasteiger charge is 2.03. The highest BCUT2D eigenvalue weighted by Crippen LogP contribution is 2.11. The molecular weight excluding hydrogens is 419 g/mol. The smallest absolute Gasteiger partial charge is 0.191 e. The number of rotatable bonds is 4. The summed E-state index contributed by atoms with van der Waals surface area (Å²) in [7, 11) is 1.76. The Labute approximate surface area is 151 Å². The average Bonchev–Trinajstić information content (AvgIpc) is 2.85. The molecule has 1 aromatic heterocycles. The van der Waals surface area contributed by atoms with Crippen molar-refractivity contribution in [2.75, 3.05) is 7.05 Å². The molecule has 0 bridgehead atoms. The van der Waals surface area contributed by atoms with E-state index in [0.717, 1.165) is 28.8 Å². The monoisotopic (exact) mass is 436 g/mol. The van der Waals surface area contributed by atoms with Gasteiger partial charge in [-0.25, -0.2) is 4.98 Å². The van der Waals surface area contributed by atoms with Crippen molar-refractivity contribution in [1.29, 1.82) is 0 Å². The summed E-state index contributed by atoms with van der Waals surface area (Å²) in [5.74, 6) is 0.762. The Morgan fingerprint density at radius 2 is 2.10 bits per heavy atom. The second kappa shape index (κ2) is 9.22. The number of hydrogen-bond acceptors (Lipinski definition) is 3. The van der Waals surface area contributed by atoms with Gasteiger partial charge in [0.15, 0.2) is 5.96 Å². The SMILES string of the molecule is CN=C(NCc1cccc(Cl)c1)NCc1scnc1C.I. The molecule has 0 amide bonds. The van der Waals surface area contributed by atoms with Crippen molar-refractivity contribution in [3.8, 4) is 0 Å². The summed E-state index contributed by atoms with van der Waals surface area (Å²) in [4.78, 5) is 9.65. The van der Waals surface area contributed by atoms with E-state index in [1.807, 2.05) is 36.7 Å². The van der Waals surface area contributed by atoms with Gasteiger partial charge in [0.2, 0.25) is 0 Å². The number of nitrogens with one attached hydrogen (secondary N) is 2. The highest BCUT2D eigenvalue weighted by atomic mass is 127. The lowest BCUT2D eigenvalue weighted by molar-refractivity contribution is 0.811. The Kier molecular flexibility index (Phi) is 7.98. The third-order valence-electron chi connectivity index (χ3n) is 2.83. The van der Waals surface area contributed by atoms with Crippen molar-refractivity contribution < 1.29 is 0 Å². The maximum Gasteiger partial charge on any atom is 0.191 e. The average molecular weight is 437 g/mol. The largest absolute Gasteiger partial charge is 0.352 e. The van der Waals surface area contributed by atoms with E-state index in [9.17, 15) is 0 Å². The Bertz CT molecular complexity index is 600. The minimum Gasteiger partial charge on any atom is -0.352 e. The van der Waals surface area contributed by atoms with Gasteiger partial charge in [-0.1, -0.05) is 23.7 Å². The molecule has 21 heavy (non-hydrogen) atoms. The minimum absolute atomic E-state index is 0. The predicted octanol–water partition coefficient (Wildman–Crippen LogP) is 3.59. The van der Waals surface area contributed by atoms with E-state index in [-0.39, 0.29) is 24.0 Å². The van der Waals surface area contributed by atoms with Crippen molar-refractivity contribution in [3.05, 3.63) is 50.9 Å². The van der Waals surface area contributed by atoms with Crippen LogP contribution in [0.15, 0.2) is 34.8 Å². The van der Waals surface area contributed by atoms with Gasteiger partial charge in [0.05, 0.1) is 17.7 Å². The number of hydrogen-bond donors (Lipinski definition) is 2. The normalized spacial score (nSPS) is 10.9. The number of nitrogens with zero attached hydrogens (tertiary/aromatic N) is 2. The molecule has 0 fully saturated rings. The van der Waals surface area contributed by atoms with Gasteiger partial charge in [-0.05, 0) is 24.6 Å². The first-order valence-electron chi connectivity index (χ1n) is 6.27. The van der Waals surface area contributed by atoms with Crippen LogP contribution in [0, 0.1) is 6.92 Å². The molecule has 0 unspecified atom stereocenters. The fraction of sp³-hybridized carbons (Fsp3) is 0.286. The summed E-state index contributed by atoms with van der Waals surface area (Å²) < 4.78 is 0. The molecule has 4 nitrogen and oxygen atoms in total. The van der Waals surface area contributed by atoms with Gasteiger partial charge < -0.3 is 10.6 Å². The van der Waals surface area contributed by atoms with E-state index in [2.05, 4.69) is 20.6 Å². The maximum absolute atomic E-state index is 5.96. The second-order valence-corrected chi connectivity index (χ2v) is 5.65. The maximum atomic E-state index is 5.96. The zero-order valence-corrected chi connectivity index (χ0v) is 15.8. The van der Waals surface area contributed by atoms with E-state index >= 15 is 0 Å². The summed E-state index contributed by atoms with van der Waals surface area (Å²) in [5.41, 5.74) is 4.04. The molecule has 2 N–H and O–H groups in total. The van der Waals surface area contributed by atoms with Crippen LogP contribution in [0.2, 0.25) is 5.02 Å². The number of benzene rings is 1. The van der Waals surface area contributed by atoms with Crippen LogP contribution >= 0.6 is 46.9 Å². The molecule has 0 aliphatic carbocycles. The van der Waals surface area contributed by atoms with E-state index in [4.69, 9.17) is 11.6 Å². The number of aromatic nitrogens is 1. The molecule has 0 atom stereocenters. The van der Waals surface area contributed by atoms with Crippen LogP contribution in [0.5, 0.6) is 0 Å². The van der Waals surface area contributed by atoms with Gasteiger partial charge in [0.1, 0.15) is 0 Å². The number of aryl methyl sites for hydroxylation is 1. The van der Waals surface area contributed by atoms with E-state index in [1.165, 1.54) is 4.88 Å². The van der Waals surface area contributed by atoms with Crippen LogP contribution in [-0.2, 0) is 13.1 Å². The van der Waals surface area contributed by atoms with Crippen molar-refractivity contribution >= 4 is 52.9 Å². The summed E-state index contributed by atoms with van der Waals surface area (Å²) >= 11 is 7.61. The van der Waals surface area contributed by atoms with Gasteiger partial charge >= 0.3 is 0 Å². The second-order valence-electron chi connectivity index (χ2n) is 4.27. The third-order valence-corrected chi connectivity index (χ3v) is 4.00.